The third-order valence-corrected chi connectivity index (χ3v) is 5.45. The van der Waals surface area contributed by atoms with E-state index < -0.39 is 5.97 Å². The lowest BCUT2D eigenvalue weighted by atomic mass is 9.81. The molecule has 1 aliphatic carbocycles. The standard InChI is InChI=1S/C22H27NO5/c1-6-12(2)28-22(25)21-13(3)20-17(23-21)9-14(10-18(20)24)16-11-15(26-4)7-8-19(16)27-5/h7-8,11-12,14,23H,6,9-10H2,1-5H3. The summed E-state index contributed by atoms with van der Waals surface area (Å²) >= 11 is 0. The number of benzene rings is 1. The molecule has 0 fully saturated rings. The number of ketones is 1. The summed E-state index contributed by atoms with van der Waals surface area (Å²) in [6.45, 7) is 5.61. The van der Waals surface area contributed by atoms with E-state index in [-0.39, 0.29) is 17.8 Å². The first kappa shape index (κ1) is 20.0. The highest BCUT2D eigenvalue weighted by molar-refractivity contribution is 6.03. The number of carbonyl (C=O) groups is 2. The number of hydrogen-bond acceptors (Lipinski definition) is 5. The van der Waals surface area contributed by atoms with Gasteiger partial charge in [0.1, 0.15) is 17.2 Å². The van der Waals surface area contributed by atoms with Crippen LogP contribution in [0.3, 0.4) is 0 Å². The van der Waals surface area contributed by atoms with Crippen LogP contribution in [0, 0.1) is 6.92 Å². The van der Waals surface area contributed by atoms with Crippen LogP contribution in [0.2, 0.25) is 0 Å². The fourth-order valence-corrected chi connectivity index (χ4v) is 3.74. The van der Waals surface area contributed by atoms with Crippen molar-refractivity contribution in [3.63, 3.8) is 0 Å². The van der Waals surface area contributed by atoms with Gasteiger partial charge in [-0.2, -0.15) is 0 Å². The zero-order chi connectivity index (χ0) is 20.4. The van der Waals surface area contributed by atoms with Crippen molar-refractivity contribution in [3.05, 3.63) is 46.3 Å². The Hall–Kier alpha value is -2.76. The number of methoxy groups -OCH3 is 2. The Kier molecular flexibility index (Phi) is 5.77. The molecule has 3 rings (SSSR count). The van der Waals surface area contributed by atoms with Gasteiger partial charge in [-0.15, -0.1) is 0 Å². The lowest BCUT2D eigenvalue weighted by Gasteiger charge is -2.24. The maximum absolute atomic E-state index is 12.9. The van der Waals surface area contributed by atoms with Crippen molar-refractivity contribution in [2.75, 3.05) is 14.2 Å². The number of ether oxygens (including phenoxy) is 3. The molecule has 0 spiro atoms. The largest absolute Gasteiger partial charge is 0.497 e. The van der Waals surface area contributed by atoms with Gasteiger partial charge in [-0.05, 0) is 50.5 Å². The van der Waals surface area contributed by atoms with Gasteiger partial charge in [-0.3, -0.25) is 4.79 Å². The first-order valence-corrected chi connectivity index (χ1v) is 9.57. The van der Waals surface area contributed by atoms with Crippen molar-refractivity contribution in [2.45, 2.75) is 52.1 Å². The second-order valence-electron chi connectivity index (χ2n) is 7.24. The zero-order valence-corrected chi connectivity index (χ0v) is 17.0. The molecule has 1 aliphatic rings. The van der Waals surface area contributed by atoms with Crippen molar-refractivity contribution >= 4 is 11.8 Å². The monoisotopic (exact) mass is 385 g/mol. The van der Waals surface area contributed by atoms with Crippen molar-refractivity contribution in [1.82, 2.24) is 4.98 Å². The first-order chi connectivity index (χ1) is 13.4. The van der Waals surface area contributed by atoms with Crippen LogP contribution in [0.5, 0.6) is 11.5 Å². The highest BCUT2D eigenvalue weighted by atomic mass is 16.5. The maximum Gasteiger partial charge on any atom is 0.355 e. The molecule has 28 heavy (non-hydrogen) atoms. The number of nitrogens with one attached hydrogen (secondary N) is 1. The Morgan fingerprint density at radius 1 is 1.25 bits per heavy atom. The van der Waals surface area contributed by atoms with E-state index in [4.69, 9.17) is 14.2 Å². The van der Waals surface area contributed by atoms with Gasteiger partial charge in [0, 0.05) is 29.2 Å². The Morgan fingerprint density at radius 2 is 2.00 bits per heavy atom. The maximum atomic E-state index is 12.9. The molecule has 0 aliphatic heterocycles. The molecular weight excluding hydrogens is 358 g/mol. The van der Waals surface area contributed by atoms with E-state index in [9.17, 15) is 9.59 Å². The number of aromatic nitrogens is 1. The molecule has 2 atom stereocenters. The topological polar surface area (TPSA) is 77.6 Å². The second kappa shape index (κ2) is 8.09. The third-order valence-electron chi connectivity index (χ3n) is 5.45. The van der Waals surface area contributed by atoms with Crippen LogP contribution in [0.1, 0.15) is 70.3 Å². The van der Waals surface area contributed by atoms with E-state index in [1.165, 1.54) is 0 Å². The molecule has 2 aromatic rings. The molecule has 6 heteroatoms. The molecule has 0 amide bonds. The van der Waals surface area contributed by atoms with Gasteiger partial charge in [0.25, 0.3) is 0 Å². The van der Waals surface area contributed by atoms with E-state index in [1.807, 2.05) is 32.0 Å². The summed E-state index contributed by atoms with van der Waals surface area (Å²) in [6.07, 6.45) is 1.54. The summed E-state index contributed by atoms with van der Waals surface area (Å²) < 4.78 is 16.3. The lowest BCUT2D eigenvalue weighted by molar-refractivity contribution is 0.0327. The lowest BCUT2D eigenvalue weighted by Crippen LogP contribution is -2.19. The SMILES string of the molecule is CCC(C)OC(=O)c1[nH]c2c(c1C)C(=O)CC(c1cc(OC)ccc1OC)C2. The van der Waals surface area contributed by atoms with Crippen LogP contribution in [-0.2, 0) is 11.2 Å². The van der Waals surface area contributed by atoms with Crippen molar-refractivity contribution in [1.29, 1.82) is 0 Å². The summed E-state index contributed by atoms with van der Waals surface area (Å²) in [6, 6.07) is 5.60. The van der Waals surface area contributed by atoms with E-state index in [0.717, 1.165) is 29.2 Å². The normalized spacial score (nSPS) is 17.0. The molecule has 1 aromatic heterocycles. The molecule has 150 valence electrons. The molecule has 0 saturated heterocycles. The van der Waals surface area contributed by atoms with Gasteiger partial charge in [0.2, 0.25) is 0 Å². The molecule has 0 bridgehead atoms. The molecule has 0 saturated carbocycles. The van der Waals surface area contributed by atoms with Gasteiger partial charge in [0.15, 0.2) is 5.78 Å². The predicted molar refractivity (Wildman–Crippen MR) is 106 cm³/mol. The zero-order valence-electron chi connectivity index (χ0n) is 17.0. The van der Waals surface area contributed by atoms with Gasteiger partial charge in [-0.25, -0.2) is 4.79 Å². The van der Waals surface area contributed by atoms with Gasteiger partial charge >= 0.3 is 5.97 Å². The molecule has 1 N–H and O–H groups in total. The highest BCUT2D eigenvalue weighted by Crippen LogP contribution is 2.40. The van der Waals surface area contributed by atoms with Crippen LogP contribution in [0.4, 0.5) is 0 Å². The van der Waals surface area contributed by atoms with Gasteiger partial charge in [0.05, 0.1) is 20.3 Å². The molecule has 1 aromatic carbocycles. The van der Waals surface area contributed by atoms with Crippen LogP contribution in [0.25, 0.3) is 0 Å². The number of Topliss-reactive ketones (excluding diaryl/α,β-unsaturated/α-hetero) is 1. The summed E-state index contributed by atoms with van der Waals surface area (Å²) in [5, 5.41) is 0. The van der Waals surface area contributed by atoms with Crippen LogP contribution < -0.4 is 9.47 Å². The van der Waals surface area contributed by atoms with Crippen molar-refractivity contribution in [2.24, 2.45) is 0 Å². The summed E-state index contributed by atoms with van der Waals surface area (Å²) in [7, 11) is 3.22. The van der Waals surface area contributed by atoms with E-state index in [1.54, 1.807) is 21.1 Å². The Bertz CT molecular complexity index is 899. The number of carbonyl (C=O) groups excluding carboxylic acids is 2. The van der Waals surface area contributed by atoms with E-state index in [2.05, 4.69) is 4.98 Å². The smallest absolute Gasteiger partial charge is 0.355 e. The van der Waals surface area contributed by atoms with Crippen LogP contribution >= 0.6 is 0 Å². The molecular formula is C22H27NO5. The van der Waals surface area contributed by atoms with E-state index >= 15 is 0 Å². The number of rotatable bonds is 6. The minimum atomic E-state index is -0.412. The minimum absolute atomic E-state index is 0.0208. The number of hydrogen-bond donors (Lipinski definition) is 1. The summed E-state index contributed by atoms with van der Waals surface area (Å²) in [5.41, 5.74) is 3.37. The fourth-order valence-electron chi connectivity index (χ4n) is 3.74. The summed E-state index contributed by atoms with van der Waals surface area (Å²) in [4.78, 5) is 28.6. The van der Waals surface area contributed by atoms with Crippen LogP contribution in [-0.4, -0.2) is 37.1 Å². The number of H-pyrrole nitrogens is 1. The average molecular weight is 385 g/mol. The third kappa shape index (κ3) is 3.63. The minimum Gasteiger partial charge on any atom is -0.497 e. The Labute approximate surface area is 165 Å². The molecule has 0 radical (unpaired) electrons. The Balaban J connectivity index is 1.95. The highest BCUT2D eigenvalue weighted by Gasteiger charge is 2.33. The second-order valence-corrected chi connectivity index (χ2v) is 7.24. The van der Waals surface area contributed by atoms with Crippen LogP contribution in [0.15, 0.2) is 18.2 Å². The first-order valence-electron chi connectivity index (χ1n) is 9.57. The Morgan fingerprint density at radius 3 is 2.64 bits per heavy atom. The van der Waals surface area contributed by atoms with E-state index in [0.29, 0.717) is 29.7 Å². The quantitative estimate of drug-likeness (QED) is 0.754. The van der Waals surface area contributed by atoms with Crippen molar-refractivity contribution < 1.29 is 23.8 Å². The average Bonchev–Trinajstić information content (AvgIpc) is 3.04. The van der Waals surface area contributed by atoms with Gasteiger partial charge in [-0.1, -0.05) is 6.92 Å². The fraction of sp³-hybridized carbons (Fsp3) is 0.455. The molecule has 6 nitrogen and oxygen atoms in total. The number of esters is 1. The predicted octanol–water partition coefficient (Wildman–Crippen LogP) is 4.21. The van der Waals surface area contributed by atoms with Gasteiger partial charge < -0.3 is 19.2 Å². The molecule has 2 unspecified atom stereocenters. The number of aromatic amines is 1. The summed E-state index contributed by atoms with van der Waals surface area (Å²) in [5.74, 6) is 0.995. The molecule has 1 heterocycles. The van der Waals surface area contributed by atoms with Crippen molar-refractivity contribution in [3.8, 4) is 11.5 Å². The number of fused-ring (bicyclic) bond motifs is 1.